The molecule has 1 aliphatic heterocycles. The predicted molar refractivity (Wildman–Crippen MR) is 92.1 cm³/mol. The molecule has 0 amide bonds. The van der Waals surface area contributed by atoms with Crippen molar-refractivity contribution in [3.8, 4) is 5.75 Å². The van der Waals surface area contributed by atoms with Crippen molar-refractivity contribution in [2.75, 3.05) is 31.1 Å². The maximum atomic E-state index is 12.5. The number of halogens is 2. The summed E-state index contributed by atoms with van der Waals surface area (Å²) < 4.78 is 29.7. The van der Waals surface area contributed by atoms with Gasteiger partial charge in [-0.2, -0.15) is 8.78 Å². The van der Waals surface area contributed by atoms with Crippen LogP contribution in [0.25, 0.3) is 0 Å². The number of piperazine rings is 1. The Morgan fingerprint density at radius 1 is 1.04 bits per heavy atom. The zero-order chi connectivity index (χ0) is 17.8. The summed E-state index contributed by atoms with van der Waals surface area (Å²) in [5.41, 5.74) is 2.70. The van der Waals surface area contributed by atoms with E-state index in [1.165, 1.54) is 0 Å². The van der Waals surface area contributed by atoms with Gasteiger partial charge in [-0.25, -0.2) is 9.97 Å². The molecule has 134 valence electrons. The summed E-state index contributed by atoms with van der Waals surface area (Å²) in [6.07, 6.45) is 0. The molecule has 2 heterocycles. The standard InChI is InChI=1S/C18H22F2N4O/c1-13-11-14(2)22-18(21-13)24-9-7-23(8-10-24)12-15-5-3-4-6-16(15)25-17(19)20/h3-6,11,17H,7-10,12H2,1-2H3. The van der Waals surface area contributed by atoms with E-state index in [-0.39, 0.29) is 5.75 Å². The fourth-order valence-corrected chi connectivity index (χ4v) is 3.04. The minimum atomic E-state index is -2.81. The Morgan fingerprint density at radius 3 is 2.32 bits per heavy atom. The van der Waals surface area contributed by atoms with Crippen molar-refractivity contribution in [1.29, 1.82) is 0 Å². The number of aromatic nitrogens is 2. The summed E-state index contributed by atoms with van der Waals surface area (Å²) in [5.74, 6) is 1.01. The topological polar surface area (TPSA) is 41.5 Å². The highest BCUT2D eigenvalue weighted by atomic mass is 19.3. The van der Waals surface area contributed by atoms with Crippen LogP contribution < -0.4 is 9.64 Å². The van der Waals surface area contributed by atoms with Gasteiger partial charge in [-0.05, 0) is 26.0 Å². The van der Waals surface area contributed by atoms with E-state index in [1.54, 1.807) is 12.1 Å². The predicted octanol–water partition coefficient (Wildman–Crippen LogP) is 3.02. The third-order valence-corrected chi connectivity index (χ3v) is 4.21. The van der Waals surface area contributed by atoms with Crippen molar-refractivity contribution < 1.29 is 13.5 Å². The minimum Gasteiger partial charge on any atom is -0.434 e. The van der Waals surface area contributed by atoms with Crippen LogP contribution in [0.3, 0.4) is 0 Å². The van der Waals surface area contributed by atoms with Gasteiger partial charge in [-0.3, -0.25) is 4.90 Å². The lowest BCUT2D eigenvalue weighted by atomic mass is 10.1. The molecular formula is C18H22F2N4O. The lowest BCUT2D eigenvalue weighted by Crippen LogP contribution is -2.46. The van der Waals surface area contributed by atoms with Gasteiger partial charge in [0.05, 0.1) is 0 Å². The summed E-state index contributed by atoms with van der Waals surface area (Å²) in [6, 6.07) is 8.92. The van der Waals surface area contributed by atoms with Gasteiger partial charge in [-0.1, -0.05) is 18.2 Å². The molecule has 1 aliphatic rings. The molecule has 5 nitrogen and oxygen atoms in total. The molecule has 0 bridgehead atoms. The van der Waals surface area contributed by atoms with Crippen molar-refractivity contribution in [1.82, 2.24) is 14.9 Å². The molecule has 0 saturated carbocycles. The Bertz CT molecular complexity index is 698. The molecule has 1 aromatic heterocycles. The molecule has 0 atom stereocenters. The minimum absolute atomic E-state index is 0.248. The lowest BCUT2D eigenvalue weighted by molar-refractivity contribution is -0.0507. The fourth-order valence-electron chi connectivity index (χ4n) is 3.04. The first-order valence-corrected chi connectivity index (χ1v) is 8.33. The van der Waals surface area contributed by atoms with Crippen LogP contribution in [0.4, 0.5) is 14.7 Å². The Morgan fingerprint density at radius 2 is 1.68 bits per heavy atom. The second kappa shape index (κ2) is 7.74. The van der Waals surface area contributed by atoms with E-state index in [4.69, 9.17) is 0 Å². The SMILES string of the molecule is Cc1cc(C)nc(N2CCN(Cc3ccccc3OC(F)F)CC2)n1. The number of aryl methyl sites for hydroxylation is 2. The van der Waals surface area contributed by atoms with Crippen molar-refractivity contribution >= 4 is 5.95 Å². The third kappa shape index (κ3) is 4.63. The molecule has 1 fully saturated rings. The van der Waals surface area contributed by atoms with Crippen LogP contribution in [0.5, 0.6) is 5.75 Å². The first-order valence-electron chi connectivity index (χ1n) is 8.33. The lowest BCUT2D eigenvalue weighted by Gasteiger charge is -2.35. The van der Waals surface area contributed by atoms with E-state index < -0.39 is 6.61 Å². The Labute approximate surface area is 146 Å². The number of hydrogen-bond acceptors (Lipinski definition) is 5. The molecule has 2 aromatic rings. The van der Waals surface area contributed by atoms with Crippen LogP contribution in [0, 0.1) is 13.8 Å². The molecule has 3 rings (SSSR count). The van der Waals surface area contributed by atoms with Crippen molar-refractivity contribution in [3.63, 3.8) is 0 Å². The number of rotatable bonds is 5. The Hall–Kier alpha value is -2.28. The molecule has 0 unspecified atom stereocenters. The second-order valence-electron chi connectivity index (χ2n) is 6.20. The van der Waals surface area contributed by atoms with Crippen molar-refractivity contribution in [2.45, 2.75) is 27.0 Å². The smallest absolute Gasteiger partial charge is 0.387 e. The van der Waals surface area contributed by atoms with Crippen molar-refractivity contribution in [2.24, 2.45) is 0 Å². The molecule has 1 aromatic carbocycles. The number of alkyl halides is 2. The van der Waals surface area contributed by atoms with Gasteiger partial charge in [0.1, 0.15) is 5.75 Å². The van der Waals surface area contributed by atoms with Crippen molar-refractivity contribution in [3.05, 3.63) is 47.3 Å². The van der Waals surface area contributed by atoms with Gasteiger partial charge >= 0.3 is 6.61 Å². The zero-order valence-corrected chi connectivity index (χ0v) is 14.5. The van der Waals surface area contributed by atoms with Gasteiger partial charge in [0.15, 0.2) is 0 Å². The zero-order valence-electron chi connectivity index (χ0n) is 14.5. The summed E-state index contributed by atoms with van der Waals surface area (Å²) >= 11 is 0. The van der Waals surface area contributed by atoms with E-state index in [1.807, 2.05) is 32.0 Å². The molecule has 7 heteroatoms. The molecule has 25 heavy (non-hydrogen) atoms. The van der Waals surface area contributed by atoms with Crippen LogP contribution >= 0.6 is 0 Å². The third-order valence-electron chi connectivity index (χ3n) is 4.21. The molecule has 0 N–H and O–H groups in total. The molecule has 1 saturated heterocycles. The summed E-state index contributed by atoms with van der Waals surface area (Å²) in [4.78, 5) is 13.4. The van der Waals surface area contributed by atoms with E-state index in [9.17, 15) is 8.78 Å². The van der Waals surface area contributed by atoms with E-state index in [2.05, 4.69) is 24.5 Å². The average Bonchev–Trinajstić information content (AvgIpc) is 2.56. The number of para-hydroxylation sites is 1. The van der Waals surface area contributed by atoms with Crippen LogP contribution in [-0.2, 0) is 6.54 Å². The maximum absolute atomic E-state index is 12.5. The van der Waals surface area contributed by atoms with Crippen LogP contribution in [0.15, 0.2) is 30.3 Å². The first-order chi connectivity index (χ1) is 12.0. The first kappa shape index (κ1) is 17.5. The molecular weight excluding hydrogens is 326 g/mol. The number of nitrogens with zero attached hydrogens (tertiary/aromatic N) is 4. The van der Waals surface area contributed by atoms with E-state index in [0.29, 0.717) is 6.54 Å². The highest BCUT2D eigenvalue weighted by Crippen LogP contribution is 2.23. The van der Waals surface area contributed by atoms with Gasteiger partial charge in [0.2, 0.25) is 5.95 Å². The maximum Gasteiger partial charge on any atom is 0.387 e. The highest BCUT2D eigenvalue weighted by molar-refractivity contribution is 5.35. The summed E-state index contributed by atoms with van der Waals surface area (Å²) in [6.45, 7) is 4.97. The Balaban J connectivity index is 1.61. The molecule has 0 radical (unpaired) electrons. The van der Waals surface area contributed by atoms with Crippen LogP contribution in [0.1, 0.15) is 17.0 Å². The number of benzene rings is 1. The number of anilines is 1. The summed E-state index contributed by atoms with van der Waals surface area (Å²) in [7, 11) is 0. The molecule has 0 aliphatic carbocycles. The number of ether oxygens (including phenoxy) is 1. The molecule has 0 spiro atoms. The fraction of sp³-hybridized carbons (Fsp3) is 0.444. The normalized spacial score (nSPS) is 15.6. The largest absolute Gasteiger partial charge is 0.434 e. The van der Waals surface area contributed by atoms with Gasteiger partial charge in [0, 0.05) is 49.7 Å². The quantitative estimate of drug-likeness (QED) is 0.831. The Kier molecular flexibility index (Phi) is 5.43. The second-order valence-corrected chi connectivity index (χ2v) is 6.20. The average molecular weight is 348 g/mol. The van der Waals surface area contributed by atoms with Gasteiger partial charge in [-0.15, -0.1) is 0 Å². The van der Waals surface area contributed by atoms with Gasteiger partial charge in [0.25, 0.3) is 0 Å². The summed E-state index contributed by atoms with van der Waals surface area (Å²) in [5, 5.41) is 0. The number of hydrogen-bond donors (Lipinski definition) is 0. The van der Waals surface area contributed by atoms with E-state index >= 15 is 0 Å². The van der Waals surface area contributed by atoms with Crippen LogP contribution in [0.2, 0.25) is 0 Å². The highest BCUT2D eigenvalue weighted by Gasteiger charge is 2.20. The monoisotopic (exact) mass is 348 g/mol. The van der Waals surface area contributed by atoms with Crippen LogP contribution in [-0.4, -0.2) is 47.7 Å². The van der Waals surface area contributed by atoms with E-state index in [0.717, 1.165) is 49.1 Å². The van der Waals surface area contributed by atoms with Gasteiger partial charge < -0.3 is 9.64 Å².